The minimum Gasteiger partial charge on any atom is -0.315 e. The van der Waals surface area contributed by atoms with E-state index in [4.69, 9.17) is 0 Å². The van der Waals surface area contributed by atoms with E-state index in [-0.39, 0.29) is 5.82 Å². The molecule has 0 saturated carbocycles. The Morgan fingerprint density at radius 3 is 3.00 bits per heavy atom. The Kier molecular flexibility index (Phi) is 3.12. The van der Waals surface area contributed by atoms with Crippen molar-refractivity contribution < 1.29 is 4.39 Å². The third-order valence-corrected chi connectivity index (χ3v) is 4.06. The smallest absolute Gasteiger partial charge is 0.123 e. The van der Waals surface area contributed by atoms with Crippen LogP contribution in [0.2, 0.25) is 0 Å². The monoisotopic (exact) mass is 234 g/mol. The van der Waals surface area contributed by atoms with Crippen LogP contribution in [0.15, 0.2) is 24.3 Å². The highest BCUT2D eigenvalue weighted by molar-refractivity contribution is 5.17. The first-order valence-electron chi connectivity index (χ1n) is 6.54. The van der Waals surface area contributed by atoms with Crippen molar-refractivity contribution in [2.45, 2.75) is 37.9 Å². The lowest BCUT2D eigenvalue weighted by Gasteiger charge is -2.27. The second kappa shape index (κ2) is 4.75. The summed E-state index contributed by atoms with van der Waals surface area (Å²) in [6, 6.07) is 8.35. The lowest BCUT2D eigenvalue weighted by Crippen LogP contribution is -2.37. The molecule has 0 spiro atoms. The molecule has 2 aliphatic rings. The first kappa shape index (κ1) is 11.2. The second-order valence-electron chi connectivity index (χ2n) is 5.18. The van der Waals surface area contributed by atoms with Crippen LogP contribution in [-0.2, 0) is 6.54 Å². The fourth-order valence-corrected chi connectivity index (χ4v) is 3.19. The maximum atomic E-state index is 13.2. The van der Waals surface area contributed by atoms with Crippen LogP contribution >= 0.6 is 0 Å². The average molecular weight is 234 g/mol. The summed E-state index contributed by atoms with van der Waals surface area (Å²) >= 11 is 0. The van der Waals surface area contributed by atoms with Gasteiger partial charge in [0.2, 0.25) is 0 Å². The van der Waals surface area contributed by atoms with Crippen LogP contribution in [0.1, 0.15) is 24.8 Å². The zero-order valence-electron chi connectivity index (χ0n) is 10.0. The first-order chi connectivity index (χ1) is 8.33. The van der Waals surface area contributed by atoms with Gasteiger partial charge in [0.1, 0.15) is 5.82 Å². The number of benzene rings is 1. The molecule has 3 rings (SSSR count). The number of hydrogen-bond donors (Lipinski definition) is 1. The van der Waals surface area contributed by atoms with Crippen LogP contribution in [0, 0.1) is 5.82 Å². The van der Waals surface area contributed by atoms with Crippen LogP contribution in [0.3, 0.4) is 0 Å². The van der Waals surface area contributed by atoms with Gasteiger partial charge in [-0.3, -0.25) is 4.90 Å². The predicted octanol–water partition coefficient (Wildman–Crippen LogP) is 2.15. The molecule has 0 radical (unpaired) electrons. The summed E-state index contributed by atoms with van der Waals surface area (Å²) in [5, 5.41) is 3.49. The van der Waals surface area contributed by atoms with Crippen molar-refractivity contribution in [2.24, 2.45) is 0 Å². The van der Waals surface area contributed by atoms with E-state index in [0.29, 0.717) is 12.1 Å². The molecule has 17 heavy (non-hydrogen) atoms. The molecule has 2 fully saturated rings. The average Bonchev–Trinajstić information content (AvgIpc) is 2.52. The quantitative estimate of drug-likeness (QED) is 0.843. The molecule has 2 nitrogen and oxygen atoms in total. The summed E-state index contributed by atoms with van der Waals surface area (Å²) in [6.07, 6.45) is 3.82. The number of nitrogens with zero attached hydrogens (tertiary/aromatic N) is 1. The zero-order valence-corrected chi connectivity index (χ0v) is 10.0. The van der Waals surface area contributed by atoms with Crippen molar-refractivity contribution >= 4 is 0 Å². The van der Waals surface area contributed by atoms with E-state index in [0.717, 1.165) is 25.2 Å². The fraction of sp³-hybridized carbons (Fsp3) is 0.571. The lowest BCUT2D eigenvalue weighted by molar-refractivity contribution is 0.193. The van der Waals surface area contributed by atoms with E-state index < -0.39 is 0 Å². The third-order valence-electron chi connectivity index (χ3n) is 4.06. The van der Waals surface area contributed by atoms with Crippen molar-refractivity contribution in [2.75, 3.05) is 13.1 Å². The highest BCUT2D eigenvalue weighted by Crippen LogP contribution is 2.29. The maximum Gasteiger partial charge on any atom is 0.123 e. The van der Waals surface area contributed by atoms with E-state index in [1.807, 2.05) is 12.1 Å². The maximum absolute atomic E-state index is 13.2. The Morgan fingerprint density at radius 2 is 2.12 bits per heavy atom. The van der Waals surface area contributed by atoms with Gasteiger partial charge in [-0.05, 0) is 43.5 Å². The molecule has 92 valence electrons. The zero-order chi connectivity index (χ0) is 11.7. The number of hydrogen-bond acceptors (Lipinski definition) is 2. The molecule has 2 saturated heterocycles. The van der Waals surface area contributed by atoms with Gasteiger partial charge in [-0.25, -0.2) is 4.39 Å². The van der Waals surface area contributed by atoms with Crippen molar-refractivity contribution in [1.82, 2.24) is 10.2 Å². The minimum absolute atomic E-state index is 0.122. The summed E-state index contributed by atoms with van der Waals surface area (Å²) in [5.41, 5.74) is 1.10. The summed E-state index contributed by atoms with van der Waals surface area (Å²) in [5.74, 6) is -0.122. The highest BCUT2D eigenvalue weighted by Gasteiger charge is 2.34. The van der Waals surface area contributed by atoms with E-state index in [1.54, 1.807) is 6.07 Å². The summed E-state index contributed by atoms with van der Waals surface area (Å²) in [6.45, 7) is 3.11. The standard InChI is InChI=1S/C14H19FN2/c15-12-3-1-2-11(8-12)10-17-13-4-5-14(17)9-16-7-6-13/h1-3,8,13-14,16H,4-7,9-10H2. The van der Waals surface area contributed by atoms with E-state index in [9.17, 15) is 4.39 Å². The Morgan fingerprint density at radius 1 is 1.24 bits per heavy atom. The van der Waals surface area contributed by atoms with E-state index >= 15 is 0 Å². The van der Waals surface area contributed by atoms with Crippen molar-refractivity contribution in [3.8, 4) is 0 Å². The van der Waals surface area contributed by atoms with Crippen LogP contribution in [0.5, 0.6) is 0 Å². The van der Waals surface area contributed by atoms with Gasteiger partial charge in [0.05, 0.1) is 0 Å². The van der Waals surface area contributed by atoms with Gasteiger partial charge in [0.25, 0.3) is 0 Å². The topological polar surface area (TPSA) is 15.3 Å². The Bertz CT molecular complexity index is 380. The molecule has 3 heteroatoms. The molecule has 2 heterocycles. The normalized spacial score (nSPS) is 29.2. The predicted molar refractivity (Wildman–Crippen MR) is 66.2 cm³/mol. The van der Waals surface area contributed by atoms with Crippen LogP contribution in [0.4, 0.5) is 4.39 Å². The highest BCUT2D eigenvalue weighted by atomic mass is 19.1. The molecule has 2 aliphatic heterocycles. The number of halogens is 1. The number of rotatable bonds is 2. The molecule has 0 aliphatic carbocycles. The van der Waals surface area contributed by atoms with Gasteiger partial charge < -0.3 is 5.32 Å². The van der Waals surface area contributed by atoms with E-state index in [2.05, 4.69) is 10.2 Å². The Balaban J connectivity index is 1.76. The first-order valence-corrected chi connectivity index (χ1v) is 6.54. The van der Waals surface area contributed by atoms with E-state index in [1.165, 1.54) is 25.3 Å². The molecular weight excluding hydrogens is 215 g/mol. The van der Waals surface area contributed by atoms with Gasteiger partial charge in [-0.2, -0.15) is 0 Å². The SMILES string of the molecule is Fc1cccc(CN2C3CCNCC2CC3)c1. The van der Waals surface area contributed by atoms with Crippen LogP contribution < -0.4 is 5.32 Å². The Hall–Kier alpha value is -0.930. The molecule has 1 N–H and O–H groups in total. The molecule has 2 unspecified atom stereocenters. The van der Waals surface area contributed by atoms with Gasteiger partial charge in [0, 0.05) is 25.2 Å². The van der Waals surface area contributed by atoms with Crippen molar-refractivity contribution in [1.29, 1.82) is 0 Å². The molecule has 0 aromatic heterocycles. The van der Waals surface area contributed by atoms with Crippen LogP contribution in [-0.4, -0.2) is 30.1 Å². The lowest BCUT2D eigenvalue weighted by atomic mass is 10.1. The Labute approximate surface area is 102 Å². The third kappa shape index (κ3) is 2.35. The molecule has 1 aromatic carbocycles. The van der Waals surface area contributed by atoms with Crippen molar-refractivity contribution in [3.63, 3.8) is 0 Å². The summed E-state index contributed by atoms with van der Waals surface area (Å²) < 4.78 is 13.2. The minimum atomic E-state index is -0.122. The molecular formula is C14H19FN2. The van der Waals surface area contributed by atoms with Crippen molar-refractivity contribution in [3.05, 3.63) is 35.6 Å². The van der Waals surface area contributed by atoms with Gasteiger partial charge in [0.15, 0.2) is 0 Å². The molecule has 1 aromatic rings. The van der Waals surface area contributed by atoms with Crippen LogP contribution in [0.25, 0.3) is 0 Å². The number of nitrogens with one attached hydrogen (secondary N) is 1. The van der Waals surface area contributed by atoms with Gasteiger partial charge in [-0.15, -0.1) is 0 Å². The van der Waals surface area contributed by atoms with Gasteiger partial charge in [-0.1, -0.05) is 12.1 Å². The number of fused-ring (bicyclic) bond motifs is 2. The summed E-state index contributed by atoms with van der Waals surface area (Å²) in [4.78, 5) is 2.56. The van der Waals surface area contributed by atoms with Gasteiger partial charge >= 0.3 is 0 Å². The second-order valence-corrected chi connectivity index (χ2v) is 5.18. The molecule has 2 bridgehead atoms. The largest absolute Gasteiger partial charge is 0.315 e. The summed E-state index contributed by atoms with van der Waals surface area (Å²) in [7, 11) is 0. The molecule has 0 amide bonds. The molecule has 2 atom stereocenters. The fourth-order valence-electron chi connectivity index (χ4n) is 3.19.